The van der Waals surface area contributed by atoms with Crippen molar-refractivity contribution in [2.24, 2.45) is 5.41 Å². The maximum atomic E-state index is 13.6. The molecule has 0 aliphatic carbocycles. The van der Waals surface area contributed by atoms with Gasteiger partial charge in [0, 0.05) is 23.3 Å². The summed E-state index contributed by atoms with van der Waals surface area (Å²) in [6.07, 6.45) is 3.40. The van der Waals surface area contributed by atoms with Crippen molar-refractivity contribution in [1.29, 1.82) is 0 Å². The third-order valence-electron chi connectivity index (χ3n) is 5.39. The number of fused-ring (bicyclic) bond motifs is 2. The van der Waals surface area contributed by atoms with Crippen molar-refractivity contribution in [3.05, 3.63) is 45.1 Å². The van der Waals surface area contributed by atoms with E-state index in [0.717, 1.165) is 5.57 Å². The Morgan fingerprint density at radius 3 is 2.23 bits per heavy atom. The number of ether oxygens (including phenoxy) is 1. The standard InChI is InChI=1S/C25H30O6/c1-13(2)7-8-15-20-18(12-17(27)24(15)30-6)31-19-11-16(26)14(9-10-25(3,4)5)22(28)21(19)23(20)29/h7,11-12,26-28H,8-10H2,1-6H3. The number of phenolic OH excluding ortho intramolecular Hbond substituents is 3. The summed E-state index contributed by atoms with van der Waals surface area (Å²) in [5.74, 6) is -0.345. The maximum Gasteiger partial charge on any atom is 0.204 e. The number of benzene rings is 2. The van der Waals surface area contributed by atoms with Crippen LogP contribution in [-0.4, -0.2) is 22.4 Å². The molecule has 0 radical (unpaired) electrons. The van der Waals surface area contributed by atoms with Crippen molar-refractivity contribution < 1.29 is 24.5 Å². The molecule has 31 heavy (non-hydrogen) atoms. The van der Waals surface area contributed by atoms with Gasteiger partial charge in [0.2, 0.25) is 5.43 Å². The predicted molar refractivity (Wildman–Crippen MR) is 122 cm³/mol. The first-order chi connectivity index (χ1) is 14.4. The molecule has 3 aromatic rings. The van der Waals surface area contributed by atoms with Gasteiger partial charge in [-0.1, -0.05) is 32.4 Å². The van der Waals surface area contributed by atoms with Crippen molar-refractivity contribution in [1.82, 2.24) is 0 Å². The molecule has 6 nitrogen and oxygen atoms in total. The minimum Gasteiger partial charge on any atom is -0.507 e. The lowest BCUT2D eigenvalue weighted by Gasteiger charge is -2.19. The largest absolute Gasteiger partial charge is 0.507 e. The summed E-state index contributed by atoms with van der Waals surface area (Å²) < 4.78 is 11.2. The van der Waals surface area contributed by atoms with Crippen LogP contribution in [0.15, 0.2) is 33.0 Å². The quantitative estimate of drug-likeness (QED) is 0.365. The SMILES string of the molecule is COc1c(O)cc2oc3cc(O)c(CCC(C)(C)C)c(O)c3c(=O)c2c1CC=C(C)C. The van der Waals surface area contributed by atoms with Crippen molar-refractivity contribution in [2.75, 3.05) is 7.11 Å². The van der Waals surface area contributed by atoms with Crippen LogP contribution in [-0.2, 0) is 12.8 Å². The fourth-order valence-corrected chi connectivity index (χ4v) is 3.70. The van der Waals surface area contributed by atoms with E-state index in [-0.39, 0.29) is 50.4 Å². The number of hydrogen-bond acceptors (Lipinski definition) is 6. The first-order valence-electron chi connectivity index (χ1n) is 10.3. The van der Waals surface area contributed by atoms with Crippen molar-refractivity contribution in [3.63, 3.8) is 0 Å². The Kier molecular flexibility index (Phi) is 5.94. The summed E-state index contributed by atoms with van der Waals surface area (Å²) in [6.45, 7) is 10.1. The minimum absolute atomic E-state index is 0.00962. The van der Waals surface area contributed by atoms with Gasteiger partial charge in [-0.3, -0.25) is 4.79 Å². The van der Waals surface area contributed by atoms with Crippen LogP contribution in [0, 0.1) is 5.41 Å². The lowest BCUT2D eigenvalue weighted by atomic mass is 9.88. The smallest absolute Gasteiger partial charge is 0.204 e. The molecule has 0 fully saturated rings. The van der Waals surface area contributed by atoms with Gasteiger partial charge in [0.1, 0.15) is 28.1 Å². The number of aromatic hydroxyl groups is 3. The third-order valence-corrected chi connectivity index (χ3v) is 5.39. The molecule has 0 saturated carbocycles. The molecule has 3 N–H and O–H groups in total. The van der Waals surface area contributed by atoms with E-state index in [4.69, 9.17) is 9.15 Å². The zero-order chi connectivity index (χ0) is 23.1. The fourth-order valence-electron chi connectivity index (χ4n) is 3.70. The second-order valence-electron chi connectivity index (χ2n) is 9.35. The van der Waals surface area contributed by atoms with E-state index in [1.165, 1.54) is 19.2 Å². The molecule has 166 valence electrons. The third kappa shape index (κ3) is 4.33. The number of allylic oxidation sites excluding steroid dienone is 2. The van der Waals surface area contributed by atoms with E-state index in [0.29, 0.717) is 30.4 Å². The van der Waals surface area contributed by atoms with Crippen LogP contribution >= 0.6 is 0 Å². The molecular weight excluding hydrogens is 396 g/mol. The molecule has 0 aliphatic rings. The summed E-state index contributed by atoms with van der Waals surface area (Å²) in [5.41, 5.74) is 1.63. The van der Waals surface area contributed by atoms with E-state index < -0.39 is 5.43 Å². The highest BCUT2D eigenvalue weighted by molar-refractivity contribution is 5.97. The van der Waals surface area contributed by atoms with Crippen LogP contribution < -0.4 is 10.2 Å². The summed E-state index contributed by atoms with van der Waals surface area (Å²) in [6, 6.07) is 2.67. The lowest BCUT2D eigenvalue weighted by Crippen LogP contribution is -2.09. The molecular formula is C25H30O6. The first kappa shape index (κ1) is 22.5. The van der Waals surface area contributed by atoms with Crippen LogP contribution in [0.5, 0.6) is 23.0 Å². The lowest BCUT2D eigenvalue weighted by molar-refractivity contribution is 0.368. The Balaban J connectivity index is 2.38. The van der Waals surface area contributed by atoms with Crippen LogP contribution in [0.2, 0.25) is 0 Å². The number of phenols is 3. The van der Waals surface area contributed by atoms with Crippen LogP contribution in [0.4, 0.5) is 0 Å². The second kappa shape index (κ2) is 8.17. The van der Waals surface area contributed by atoms with E-state index >= 15 is 0 Å². The van der Waals surface area contributed by atoms with Gasteiger partial charge in [-0.25, -0.2) is 0 Å². The van der Waals surface area contributed by atoms with Crippen LogP contribution in [0.3, 0.4) is 0 Å². The van der Waals surface area contributed by atoms with Gasteiger partial charge in [-0.15, -0.1) is 0 Å². The van der Waals surface area contributed by atoms with Gasteiger partial charge in [-0.05, 0) is 38.5 Å². The number of rotatable bonds is 5. The highest BCUT2D eigenvalue weighted by Gasteiger charge is 2.24. The summed E-state index contributed by atoms with van der Waals surface area (Å²) in [5, 5.41) is 32.1. The summed E-state index contributed by atoms with van der Waals surface area (Å²) in [7, 11) is 1.43. The summed E-state index contributed by atoms with van der Waals surface area (Å²) in [4.78, 5) is 13.6. The molecule has 0 saturated heterocycles. The molecule has 3 rings (SSSR count). The molecule has 0 aliphatic heterocycles. The Bertz CT molecular complexity index is 1240. The topological polar surface area (TPSA) is 100 Å². The average Bonchev–Trinajstić information content (AvgIpc) is 2.64. The van der Waals surface area contributed by atoms with Gasteiger partial charge in [0.25, 0.3) is 0 Å². The molecule has 0 unspecified atom stereocenters. The average molecular weight is 427 g/mol. The normalized spacial score (nSPS) is 11.8. The van der Waals surface area contributed by atoms with Gasteiger partial charge in [0.05, 0.1) is 12.5 Å². The first-order valence-corrected chi connectivity index (χ1v) is 10.3. The highest BCUT2D eigenvalue weighted by atomic mass is 16.5. The molecule has 0 atom stereocenters. The zero-order valence-electron chi connectivity index (χ0n) is 18.9. The van der Waals surface area contributed by atoms with Crippen molar-refractivity contribution >= 4 is 21.9 Å². The van der Waals surface area contributed by atoms with Crippen LogP contribution in [0.1, 0.15) is 52.2 Å². The van der Waals surface area contributed by atoms with E-state index in [1.54, 1.807) is 0 Å². The Hall–Kier alpha value is -3.15. The van der Waals surface area contributed by atoms with E-state index in [9.17, 15) is 20.1 Å². The monoisotopic (exact) mass is 426 g/mol. The van der Waals surface area contributed by atoms with Crippen molar-refractivity contribution in [3.8, 4) is 23.0 Å². The van der Waals surface area contributed by atoms with Crippen molar-refractivity contribution in [2.45, 2.75) is 53.9 Å². The van der Waals surface area contributed by atoms with Gasteiger partial charge >= 0.3 is 0 Å². The maximum absolute atomic E-state index is 13.6. The number of methoxy groups -OCH3 is 1. The summed E-state index contributed by atoms with van der Waals surface area (Å²) >= 11 is 0. The van der Waals surface area contributed by atoms with Gasteiger partial charge in [-0.2, -0.15) is 0 Å². The van der Waals surface area contributed by atoms with Gasteiger partial charge < -0.3 is 24.5 Å². The Morgan fingerprint density at radius 1 is 1.03 bits per heavy atom. The molecule has 1 heterocycles. The molecule has 0 spiro atoms. The molecule has 6 heteroatoms. The fraction of sp³-hybridized carbons (Fsp3) is 0.400. The molecule has 0 amide bonds. The van der Waals surface area contributed by atoms with Gasteiger partial charge in [0.15, 0.2) is 11.5 Å². The van der Waals surface area contributed by atoms with E-state index in [1.807, 2.05) is 19.9 Å². The highest BCUT2D eigenvalue weighted by Crippen LogP contribution is 2.41. The number of hydrogen-bond donors (Lipinski definition) is 3. The minimum atomic E-state index is -0.429. The molecule has 1 aromatic heterocycles. The zero-order valence-corrected chi connectivity index (χ0v) is 18.9. The molecule has 2 aromatic carbocycles. The Morgan fingerprint density at radius 2 is 1.65 bits per heavy atom. The van der Waals surface area contributed by atoms with E-state index in [2.05, 4.69) is 20.8 Å². The predicted octanol–water partition coefficient (Wildman–Crippen LogP) is 5.56. The Labute approximate surface area is 181 Å². The van der Waals surface area contributed by atoms with Crippen LogP contribution in [0.25, 0.3) is 21.9 Å². The molecule has 0 bridgehead atoms. The second-order valence-corrected chi connectivity index (χ2v) is 9.35.